The number of nitrogens with one attached hydrogen (secondary N) is 2. The topological polar surface area (TPSA) is 108 Å². The van der Waals surface area contributed by atoms with E-state index in [1.807, 2.05) is 71.1 Å². The number of methoxy groups -OCH3 is 1. The molecule has 4 aromatic rings. The van der Waals surface area contributed by atoms with Gasteiger partial charge in [-0.1, -0.05) is 0 Å². The van der Waals surface area contributed by atoms with Gasteiger partial charge in [0.25, 0.3) is 5.91 Å². The molecule has 1 fully saturated rings. The van der Waals surface area contributed by atoms with E-state index >= 15 is 0 Å². The summed E-state index contributed by atoms with van der Waals surface area (Å²) in [7, 11) is 1.65. The van der Waals surface area contributed by atoms with Gasteiger partial charge in [0.1, 0.15) is 5.75 Å². The highest BCUT2D eigenvalue weighted by molar-refractivity contribution is 5.96. The van der Waals surface area contributed by atoms with Crippen LogP contribution in [0.1, 0.15) is 35.2 Å². The summed E-state index contributed by atoms with van der Waals surface area (Å²) in [5.74, 6) is 2.07. The van der Waals surface area contributed by atoms with Crippen LogP contribution in [0.15, 0.2) is 61.1 Å². The normalized spacial score (nSPS) is 13.8. The second kappa shape index (κ2) is 12.0. The summed E-state index contributed by atoms with van der Waals surface area (Å²) in [6.07, 6.45) is 7.95. The third kappa shape index (κ3) is 5.86. The summed E-state index contributed by atoms with van der Waals surface area (Å²) in [5.41, 5.74) is 5.18. The quantitative estimate of drug-likeness (QED) is 0.303. The number of imidazole rings is 1. The number of aryl methyl sites for hydroxylation is 1. The van der Waals surface area contributed by atoms with E-state index < -0.39 is 0 Å². The predicted octanol–water partition coefficient (Wildman–Crippen LogP) is 4.81. The highest BCUT2D eigenvalue weighted by atomic mass is 16.5. The minimum atomic E-state index is 0.0764. The van der Waals surface area contributed by atoms with Crippen molar-refractivity contribution in [2.24, 2.45) is 5.92 Å². The lowest BCUT2D eigenvalue weighted by Crippen LogP contribution is -2.41. The van der Waals surface area contributed by atoms with E-state index in [9.17, 15) is 4.79 Å². The summed E-state index contributed by atoms with van der Waals surface area (Å²) >= 11 is 0. The number of amides is 1. The number of benzene rings is 2. The first-order valence-corrected chi connectivity index (χ1v) is 13.3. The Bertz CT molecular complexity index is 1480. The molecule has 3 heterocycles. The molecule has 9 heteroatoms. The first-order valence-electron chi connectivity index (χ1n) is 13.3. The Hall–Kier alpha value is -4.42. The van der Waals surface area contributed by atoms with Gasteiger partial charge in [-0.2, -0.15) is 5.26 Å². The highest BCUT2D eigenvalue weighted by Gasteiger charge is 2.24. The lowest BCUT2D eigenvalue weighted by Gasteiger charge is -2.32. The number of carbonyl (C=O) groups excluding carboxylic acids is 1. The molecule has 39 heavy (non-hydrogen) atoms. The number of ether oxygens (including phenoxy) is 1. The number of aromatic nitrogens is 3. The van der Waals surface area contributed by atoms with Crippen molar-refractivity contribution >= 4 is 23.1 Å². The van der Waals surface area contributed by atoms with Gasteiger partial charge >= 0.3 is 0 Å². The minimum Gasteiger partial charge on any atom is -0.497 e. The van der Waals surface area contributed by atoms with Crippen LogP contribution in [0.5, 0.6) is 5.75 Å². The van der Waals surface area contributed by atoms with Crippen LogP contribution >= 0.6 is 0 Å². The van der Waals surface area contributed by atoms with Crippen molar-refractivity contribution in [2.45, 2.75) is 26.2 Å². The Balaban J connectivity index is 1.25. The largest absolute Gasteiger partial charge is 0.497 e. The van der Waals surface area contributed by atoms with E-state index in [1.165, 1.54) is 0 Å². The summed E-state index contributed by atoms with van der Waals surface area (Å²) in [4.78, 5) is 24.4. The van der Waals surface area contributed by atoms with Crippen LogP contribution in [0.25, 0.3) is 16.9 Å². The van der Waals surface area contributed by atoms with Gasteiger partial charge in [0, 0.05) is 55.3 Å². The zero-order valence-electron chi connectivity index (χ0n) is 22.4. The molecule has 0 spiro atoms. The monoisotopic (exact) mass is 523 g/mol. The fourth-order valence-electron chi connectivity index (χ4n) is 5.06. The molecular formula is C30H33N7O2. The number of nitrogens with zero attached hydrogens (tertiary/aromatic N) is 5. The smallest absolute Gasteiger partial charge is 0.254 e. The van der Waals surface area contributed by atoms with Gasteiger partial charge in [0.15, 0.2) is 11.5 Å². The molecular weight excluding hydrogens is 490 g/mol. The molecule has 2 aromatic carbocycles. The third-order valence-corrected chi connectivity index (χ3v) is 7.28. The van der Waals surface area contributed by atoms with Crippen molar-refractivity contribution in [3.8, 4) is 23.1 Å². The van der Waals surface area contributed by atoms with Gasteiger partial charge in [-0.25, -0.2) is 9.97 Å². The molecule has 2 aromatic heterocycles. The first-order chi connectivity index (χ1) is 19.1. The average molecular weight is 524 g/mol. The van der Waals surface area contributed by atoms with Crippen LogP contribution in [-0.2, 0) is 0 Å². The highest BCUT2D eigenvalue weighted by Crippen LogP contribution is 2.28. The molecule has 1 amide bonds. The van der Waals surface area contributed by atoms with Crippen molar-refractivity contribution in [3.05, 3.63) is 72.2 Å². The number of fused-ring (bicyclic) bond motifs is 1. The van der Waals surface area contributed by atoms with Crippen LogP contribution in [0, 0.1) is 24.2 Å². The lowest BCUT2D eigenvalue weighted by atomic mass is 9.95. The Morgan fingerprint density at radius 1 is 1.15 bits per heavy atom. The predicted molar refractivity (Wildman–Crippen MR) is 151 cm³/mol. The van der Waals surface area contributed by atoms with Gasteiger partial charge in [0.05, 0.1) is 25.1 Å². The van der Waals surface area contributed by atoms with Crippen LogP contribution in [0.4, 0.5) is 11.5 Å². The van der Waals surface area contributed by atoms with E-state index in [1.54, 1.807) is 13.3 Å². The Morgan fingerprint density at radius 3 is 2.67 bits per heavy atom. The van der Waals surface area contributed by atoms with E-state index in [4.69, 9.17) is 10.00 Å². The number of anilines is 2. The van der Waals surface area contributed by atoms with Crippen LogP contribution < -0.4 is 15.4 Å². The van der Waals surface area contributed by atoms with Crippen molar-refractivity contribution in [2.75, 3.05) is 38.6 Å². The molecule has 0 aliphatic carbocycles. The number of hydrogen-bond acceptors (Lipinski definition) is 7. The van der Waals surface area contributed by atoms with E-state index in [2.05, 4.69) is 26.7 Å². The Labute approximate surface area is 228 Å². The Morgan fingerprint density at radius 2 is 1.95 bits per heavy atom. The van der Waals surface area contributed by atoms with Crippen LogP contribution in [0.3, 0.4) is 0 Å². The fraction of sp³-hybridized carbons (Fsp3) is 0.333. The lowest BCUT2D eigenvalue weighted by molar-refractivity contribution is 0.0689. The number of piperidine rings is 1. The molecule has 1 aliphatic rings. The molecule has 9 nitrogen and oxygen atoms in total. The molecule has 1 saturated heterocycles. The number of likely N-dealkylation sites (tertiary alicyclic amines) is 1. The van der Waals surface area contributed by atoms with Crippen molar-refractivity contribution in [3.63, 3.8) is 0 Å². The number of nitriles is 1. The molecule has 0 radical (unpaired) electrons. The standard InChI is InChI=1S/C30H33N7O2/c1-21-18-24(6-9-26(21)30(38)36-15-10-22(11-16-36)19-32-13-3-12-31)35-28-29-34-20-27(37(29)17-14-33-28)23-4-7-25(39-2)8-5-23/h4-9,14,17-18,20,22,32H,3,10-11,13,15-16,19H2,1-2H3,(H,33,35). The third-order valence-electron chi connectivity index (χ3n) is 7.28. The molecule has 5 rings (SSSR count). The van der Waals surface area contributed by atoms with Crippen molar-refractivity contribution in [1.29, 1.82) is 5.26 Å². The number of hydrogen-bond donors (Lipinski definition) is 2. The number of rotatable bonds is 9. The first kappa shape index (κ1) is 26.2. The summed E-state index contributed by atoms with van der Waals surface area (Å²) in [5, 5.41) is 15.4. The van der Waals surface area contributed by atoms with Gasteiger partial charge in [0.2, 0.25) is 0 Å². The van der Waals surface area contributed by atoms with E-state index in [0.29, 0.717) is 23.8 Å². The maximum Gasteiger partial charge on any atom is 0.254 e. The van der Waals surface area contributed by atoms with Gasteiger partial charge in [-0.15, -0.1) is 0 Å². The zero-order chi connectivity index (χ0) is 27.2. The Kier molecular flexibility index (Phi) is 8.04. The number of carbonyl (C=O) groups is 1. The molecule has 2 N–H and O–H groups in total. The molecule has 0 bridgehead atoms. The van der Waals surface area contributed by atoms with Crippen LogP contribution in [-0.4, -0.2) is 58.5 Å². The molecule has 200 valence electrons. The van der Waals surface area contributed by atoms with Gasteiger partial charge in [-0.3, -0.25) is 9.20 Å². The second-order valence-corrected chi connectivity index (χ2v) is 9.84. The second-order valence-electron chi connectivity index (χ2n) is 9.84. The molecule has 0 saturated carbocycles. The molecule has 1 aliphatic heterocycles. The summed E-state index contributed by atoms with van der Waals surface area (Å²) in [6.45, 7) is 5.11. The van der Waals surface area contributed by atoms with E-state index in [-0.39, 0.29) is 5.91 Å². The van der Waals surface area contributed by atoms with Crippen molar-refractivity contribution in [1.82, 2.24) is 24.6 Å². The van der Waals surface area contributed by atoms with Crippen molar-refractivity contribution < 1.29 is 9.53 Å². The molecule has 0 atom stereocenters. The van der Waals surface area contributed by atoms with E-state index in [0.717, 1.165) is 72.8 Å². The minimum absolute atomic E-state index is 0.0764. The van der Waals surface area contributed by atoms with Gasteiger partial charge < -0.3 is 20.3 Å². The van der Waals surface area contributed by atoms with Crippen LogP contribution in [0.2, 0.25) is 0 Å². The molecule has 0 unspecified atom stereocenters. The maximum absolute atomic E-state index is 13.3. The summed E-state index contributed by atoms with van der Waals surface area (Å²) in [6, 6.07) is 15.8. The average Bonchev–Trinajstić information content (AvgIpc) is 3.41. The fourth-order valence-corrected chi connectivity index (χ4v) is 5.06. The maximum atomic E-state index is 13.3. The SMILES string of the molecule is COc1ccc(-c2cnc3c(Nc4ccc(C(=O)N5CCC(CNCCC#N)CC5)c(C)c4)nccn23)cc1. The van der Waals surface area contributed by atoms with Gasteiger partial charge in [-0.05, 0) is 80.3 Å². The zero-order valence-corrected chi connectivity index (χ0v) is 22.4. The summed E-state index contributed by atoms with van der Waals surface area (Å²) < 4.78 is 7.28.